The van der Waals surface area contributed by atoms with Crippen molar-refractivity contribution < 1.29 is 14.3 Å². The minimum absolute atomic E-state index is 0.167. The van der Waals surface area contributed by atoms with E-state index < -0.39 is 5.97 Å². The molecule has 0 fully saturated rings. The molecule has 0 saturated heterocycles. The molecule has 0 bridgehead atoms. The molecule has 2 aromatic rings. The molecule has 0 radical (unpaired) electrons. The maximum absolute atomic E-state index is 10.7. The predicted molar refractivity (Wildman–Crippen MR) is 55.3 cm³/mol. The van der Waals surface area contributed by atoms with E-state index in [9.17, 15) is 4.79 Å². The molecule has 4 nitrogen and oxygen atoms in total. The van der Waals surface area contributed by atoms with Crippen molar-refractivity contribution in [3.63, 3.8) is 0 Å². The summed E-state index contributed by atoms with van der Waals surface area (Å²) >= 11 is 3.26. The van der Waals surface area contributed by atoms with E-state index >= 15 is 0 Å². The number of rotatable bonds is 1. The first-order valence-corrected chi connectivity index (χ1v) is 4.59. The topological polar surface area (TPSA) is 76.5 Å². The zero-order valence-electron chi connectivity index (χ0n) is 6.95. The van der Waals surface area contributed by atoms with Gasteiger partial charge in [0.15, 0.2) is 0 Å². The summed E-state index contributed by atoms with van der Waals surface area (Å²) in [6.45, 7) is 0. The zero-order valence-corrected chi connectivity index (χ0v) is 8.54. The maximum Gasteiger partial charge on any atom is 0.374 e. The van der Waals surface area contributed by atoms with E-state index in [1.807, 2.05) is 0 Å². The van der Waals surface area contributed by atoms with Crippen molar-refractivity contribution in [3.05, 3.63) is 28.4 Å². The number of carboxylic acid groups (broad SMARTS) is 1. The van der Waals surface area contributed by atoms with Gasteiger partial charge in [-0.15, -0.1) is 0 Å². The highest BCUT2D eigenvalue weighted by Gasteiger charge is 2.17. The first kappa shape index (κ1) is 9.08. The van der Waals surface area contributed by atoms with Gasteiger partial charge in [-0.3, -0.25) is 0 Å². The van der Waals surface area contributed by atoms with E-state index in [2.05, 4.69) is 15.9 Å². The molecule has 0 atom stereocenters. The average Bonchev–Trinajstić information content (AvgIpc) is 2.43. The largest absolute Gasteiger partial charge is 0.475 e. The van der Waals surface area contributed by atoms with Crippen molar-refractivity contribution in [2.24, 2.45) is 0 Å². The van der Waals surface area contributed by atoms with Gasteiger partial charge in [0.05, 0.1) is 5.69 Å². The number of anilines is 1. The van der Waals surface area contributed by atoms with E-state index in [4.69, 9.17) is 15.3 Å². The highest BCUT2D eigenvalue weighted by Crippen LogP contribution is 2.30. The second kappa shape index (κ2) is 3.02. The van der Waals surface area contributed by atoms with Gasteiger partial charge in [-0.2, -0.15) is 0 Å². The van der Waals surface area contributed by atoms with Crippen LogP contribution >= 0.6 is 15.9 Å². The minimum atomic E-state index is -1.16. The predicted octanol–water partition coefficient (Wildman–Crippen LogP) is 2.48. The fourth-order valence-electron chi connectivity index (χ4n) is 1.25. The van der Waals surface area contributed by atoms with Crippen molar-refractivity contribution in [1.29, 1.82) is 0 Å². The normalized spacial score (nSPS) is 10.6. The maximum atomic E-state index is 10.7. The van der Waals surface area contributed by atoms with Crippen LogP contribution in [0.15, 0.2) is 27.1 Å². The van der Waals surface area contributed by atoms with Crippen molar-refractivity contribution in [3.8, 4) is 0 Å². The molecule has 0 aliphatic rings. The standard InChI is InChI=1S/C9H6BrNO3/c10-4-1-2-5-6(3-4)14-8(7(5)11)9(12)13/h1-3H,11H2,(H,12,13). The molecule has 5 heteroatoms. The number of benzene rings is 1. The molecule has 0 amide bonds. The van der Waals surface area contributed by atoms with Crippen molar-refractivity contribution >= 4 is 38.6 Å². The SMILES string of the molecule is Nc1c(C(=O)O)oc2cc(Br)ccc12. The van der Waals surface area contributed by atoms with E-state index in [1.165, 1.54) is 0 Å². The number of halogens is 1. The number of nitrogen functional groups attached to an aromatic ring is 1. The highest BCUT2D eigenvalue weighted by molar-refractivity contribution is 9.10. The van der Waals surface area contributed by atoms with E-state index in [0.29, 0.717) is 11.0 Å². The summed E-state index contributed by atoms with van der Waals surface area (Å²) in [5, 5.41) is 9.37. The lowest BCUT2D eigenvalue weighted by atomic mass is 10.2. The van der Waals surface area contributed by atoms with Crippen LogP contribution in [0.3, 0.4) is 0 Å². The Hall–Kier alpha value is -1.49. The first-order chi connectivity index (χ1) is 6.59. The monoisotopic (exact) mass is 255 g/mol. The number of hydrogen-bond acceptors (Lipinski definition) is 3. The summed E-state index contributed by atoms with van der Waals surface area (Å²) in [6.07, 6.45) is 0. The molecule has 0 spiro atoms. The van der Waals surface area contributed by atoms with Gasteiger partial charge in [0.1, 0.15) is 5.58 Å². The molecule has 14 heavy (non-hydrogen) atoms. The minimum Gasteiger partial charge on any atom is -0.475 e. The van der Waals surface area contributed by atoms with Crippen LogP contribution in [-0.2, 0) is 0 Å². The lowest BCUT2D eigenvalue weighted by molar-refractivity contribution is 0.0666. The quantitative estimate of drug-likeness (QED) is 0.821. The van der Waals surface area contributed by atoms with E-state index in [-0.39, 0.29) is 11.4 Å². The van der Waals surface area contributed by atoms with Crippen molar-refractivity contribution in [1.82, 2.24) is 0 Å². The highest BCUT2D eigenvalue weighted by atomic mass is 79.9. The Kier molecular flexibility index (Phi) is 1.96. The van der Waals surface area contributed by atoms with Gasteiger partial charge in [0.25, 0.3) is 0 Å². The van der Waals surface area contributed by atoms with Gasteiger partial charge >= 0.3 is 5.97 Å². The van der Waals surface area contributed by atoms with E-state index in [0.717, 1.165) is 4.47 Å². The fourth-order valence-corrected chi connectivity index (χ4v) is 1.59. The molecular formula is C9H6BrNO3. The van der Waals surface area contributed by atoms with Crippen LogP contribution in [0.2, 0.25) is 0 Å². The third-order valence-corrected chi connectivity index (χ3v) is 2.38. The fraction of sp³-hybridized carbons (Fsp3) is 0. The smallest absolute Gasteiger partial charge is 0.374 e. The summed E-state index contributed by atoms with van der Waals surface area (Å²) in [5.74, 6) is -1.37. The summed E-state index contributed by atoms with van der Waals surface area (Å²) in [6, 6.07) is 5.17. The molecule has 72 valence electrons. The van der Waals surface area contributed by atoms with Gasteiger partial charge in [-0.05, 0) is 18.2 Å². The first-order valence-electron chi connectivity index (χ1n) is 3.80. The average molecular weight is 256 g/mol. The molecule has 0 aliphatic heterocycles. The second-order valence-corrected chi connectivity index (χ2v) is 3.71. The van der Waals surface area contributed by atoms with Gasteiger partial charge < -0.3 is 15.3 Å². The molecule has 2 rings (SSSR count). The van der Waals surface area contributed by atoms with Gasteiger partial charge in [-0.25, -0.2) is 4.79 Å². The van der Waals surface area contributed by atoms with Crippen molar-refractivity contribution in [2.75, 3.05) is 5.73 Å². The number of hydrogen-bond donors (Lipinski definition) is 2. The molecule has 0 unspecified atom stereocenters. The summed E-state index contributed by atoms with van der Waals surface area (Å²) < 4.78 is 5.90. The molecule has 0 saturated carbocycles. The molecule has 3 N–H and O–H groups in total. The van der Waals surface area contributed by atoms with Gasteiger partial charge in [-0.1, -0.05) is 15.9 Å². The van der Waals surface area contributed by atoms with Crippen LogP contribution in [0.5, 0.6) is 0 Å². The van der Waals surface area contributed by atoms with E-state index in [1.54, 1.807) is 18.2 Å². The van der Waals surface area contributed by atoms with Gasteiger partial charge in [0.2, 0.25) is 5.76 Å². The summed E-state index contributed by atoms with van der Waals surface area (Å²) in [4.78, 5) is 10.7. The lowest BCUT2D eigenvalue weighted by Gasteiger charge is -1.89. The Morgan fingerprint density at radius 3 is 2.86 bits per heavy atom. The third-order valence-electron chi connectivity index (χ3n) is 1.88. The number of nitrogens with two attached hydrogens (primary N) is 1. The molecular weight excluding hydrogens is 250 g/mol. The Morgan fingerprint density at radius 1 is 1.50 bits per heavy atom. The summed E-state index contributed by atoms with van der Waals surface area (Å²) in [7, 11) is 0. The van der Waals surface area contributed by atoms with Crippen molar-refractivity contribution in [2.45, 2.75) is 0 Å². The zero-order chi connectivity index (χ0) is 10.3. The van der Waals surface area contributed by atoms with Crippen LogP contribution in [-0.4, -0.2) is 11.1 Å². The number of furan rings is 1. The van der Waals surface area contributed by atoms with Crippen LogP contribution in [0.1, 0.15) is 10.6 Å². The number of aromatic carboxylic acids is 1. The van der Waals surface area contributed by atoms with Gasteiger partial charge in [0, 0.05) is 9.86 Å². The number of fused-ring (bicyclic) bond motifs is 1. The van der Waals surface area contributed by atoms with Crippen LogP contribution < -0.4 is 5.73 Å². The Labute approximate surface area is 87.4 Å². The lowest BCUT2D eigenvalue weighted by Crippen LogP contribution is -1.98. The summed E-state index contributed by atoms with van der Waals surface area (Å²) in [5.41, 5.74) is 6.23. The van der Waals surface area contributed by atoms with Crippen LogP contribution in [0.25, 0.3) is 11.0 Å². The molecule has 1 aromatic carbocycles. The van der Waals surface area contributed by atoms with Crippen LogP contribution in [0, 0.1) is 0 Å². The Morgan fingerprint density at radius 2 is 2.21 bits per heavy atom. The molecule has 0 aliphatic carbocycles. The van der Waals surface area contributed by atoms with Crippen LogP contribution in [0.4, 0.5) is 5.69 Å². The third kappa shape index (κ3) is 1.26. The Balaban J connectivity index is 2.79. The Bertz CT molecular complexity index is 518. The molecule has 1 heterocycles. The second-order valence-electron chi connectivity index (χ2n) is 2.79. The molecule has 1 aromatic heterocycles. The number of carboxylic acids is 1. The number of carbonyl (C=O) groups is 1.